The third-order valence-corrected chi connectivity index (χ3v) is 1.84. The smallest absolute Gasteiger partial charge is 0.358 e. The quantitative estimate of drug-likeness (QED) is 0.445. The van der Waals surface area contributed by atoms with Gasteiger partial charge in [0, 0.05) is 28.1 Å². The lowest BCUT2D eigenvalue weighted by Crippen LogP contribution is -1.94. The number of pyridine rings is 1. The van der Waals surface area contributed by atoms with Crippen molar-refractivity contribution < 1.29 is 4.92 Å². The summed E-state index contributed by atoms with van der Waals surface area (Å²) in [5.41, 5.74) is 0.906. The van der Waals surface area contributed by atoms with Crippen molar-refractivity contribution in [3.8, 4) is 0 Å². The van der Waals surface area contributed by atoms with Crippen molar-refractivity contribution in [1.82, 2.24) is 4.98 Å². The van der Waals surface area contributed by atoms with Crippen molar-refractivity contribution >= 4 is 21.7 Å². The topological polar surface area (TPSA) is 56.0 Å². The van der Waals surface area contributed by atoms with E-state index in [2.05, 4.69) is 20.9 Å². The molecule has 0 unspecified atom stereocenters. The Morgan fingerprint density at radius 3 is 2.83 bits per heavy atom. The third kappa shape index (κ3) is 2.01. The van der Waals surface area contributed by atoms with E-state index in [1.807, 2.05) is 6.92 Å². The van der Waals surface area contributed by atoms with Crippen molar-refractivity contribution in [2.24, 2.45) is 0 Å². The maximum absolute atomic E-state index is 10.3. The van der Waals surface area contributed by atoms with E-state index in [1.165, 1.54) is 6.07 Å². The van der Waals surface area contributed by atoms with Crippen LogP contribution in [0.25, 0.3) is 0 Å². The zero-order chi connectivity index (χ0) is 9.14. The zero-order valence-corrected chi connectivity index (χ0v) is 8.04. The minimum Gasteiger partial charge on any atom is -0.358 e. The molecule has 4 nitrogen and oxygen atoms in total. The first kappa shape index (κ1) is 9.12. The van der Waals surface area contributed by atoms with Gasteiger partial charge in [0.25, 0.3) is 0 Å². The van der Waals surface area contributed by atoms with Crippen LogP contribution in [0.3, 0.4) is 0 Å². The van der Waals surface area contributed by atoms with Crippen LogP contribution in [0.15, 0.2) is 16.7 Å². The normalized spacial score (nSPS) is 9.83. The lowest BCUT2D eigenvalue weighted by Gasteiger charge is -1.95. The van der Waals surface area contributed by atoms with E-state index in [4.69, 9.17) is 0 Å². The molecule has 0 aromatic carbocycles. The van der Waals surface area contributed by atoms with E-state index in [9.17, 15) is 10.1 Å². The van der Waals surface area contributed by atoms with Gasteiger partial charge in [-0.05, 0) is 21.9 Å². The molecule has 0 radical (unpaired) electrons. The van der Waals surface area contributed by atoms with Crippen molar-refractivity contribution in [2.45, 2.75) is 13.3 Å². The number of rotatable bonds is 2. The van der Waals surface area contributed by atoms with Gasteiger partial charge in [-0.1, -0.05) is 6.92 Å². The molecule has 0 fully saturated rings. The number of aromatic nitrogens is 1. The van der Waals surface area contributed by atoms with Crippen LogP contribution >= 0.6 is 15.9 Å². The standard InChI is InChI=1S/C7H7BrN2O2/c1-2-5-3-6(8)9-7(4-5)10(11)12/h3-4H,2H2,1H3. The summed E-state index contributed by atoms with van der Waals surface area (Å²) in [6, 6.07) is 3.25. The van der Waals surface area contributed by atoms with E-state index in [-0.39, 0.29) is 5.82 Å². The predicted molar refractivity (Wildman–Crippen MR) is 48.0 cm³/mol. The second kappa shape index (κ2) is 3.62. The van der Waals surface area contributed by atoms with Crippen molar-refractivity contribution in [2.75, 3.05) is 0 Å². The van der Waals surface area contributed by atoms with E-state index in [1.54, 1.807) is 6.07 Å². The van der Waals surface area contributed by atoms with Crippen LogP contribution in [0.5, 0.6) is 0 Å². The first-order chi connectivity index (χ1) is 5.63. The van der Waals surface area contributed by atoms with Gasteiger partial charge in [0.05, 0.1) is 0 Å². The van der Waals surface area contributed by atoms with Crippen LogP contribution in [0.4, 0.5) is 5.82 Å². The highest BCUT2D eigenvalue weighted by molar-refractivity contribution is 9.10. The molecule has 0 saturated heterocycles. The van der Waals surface area contributed by atoms with Gasteiger partial charge in [-0.2, -0.15) is 0 Å². The second-order valence-electron chi connectivity index (χ2n) is 2.27. The molecule has 12 heavy (non-hydrogen) atoms. The molecule has 0 saturated carbocycles. The van der Waals surface area contributed by atoms with Crippen LogP contribution in [0.2, 0.25) is 0 Å². The van der Waals surface area contributed by atoms with E-state index >= 15 is 0 Å². The Morgan fingerprint density at radius 2 is 2.33 bits per heavy atom. The second-order valence-corrected chi connectivity index (χ2v) is 3.08. The van der Waals surface area contributed by atoms with Gasteiger partial charge in [0.1, 0.15) is 0 Å². The maximum atomic E-state index is 10.3. The van der Waals surface area contributed by atoms with Crippen LogP contribution in [0, 0.1) is 10.1 Å². The van der Waals surface area contributed by atoms with Crippen LogP contribution < -0.4 is 0 Å². The summed E-state index contributed by atoms with van der Waals surface area (Å²) in [6.45, 7) is 1.94. The molecule has 1 heterocycles. The van der Waals surface area contributed by atoms with Crippen LogP contribution in [-0.4, -0.2) is 9.91 Å². The fourth-order valence-corrected chi connectivity index (χ4v) is 1.31. The lowest BCUT2D eigenvalue weighted by molar-refractivity contribution is -0.389. The molecule has 0 aliphatic heterocycles. The number of hydrogen-bond acceptors (Lipinski definition) is 3. The van der Waals surface area contributed by atoms with Gasteiger partial charge in [0.2, 0.25) is 4.60 Å². The molecule has 0 amide bonds. The average molecular weight is 231 g/mol. The number of aryl methyl sites for hydroxylation is 1. The van der Waals surface area contributed by atoms with Gasteiger partial charge in [-0.3, -0.25) is 0 Å². The van der Waals surface area contributed by atoms with Crippen molar-refractivity contribution in [3.63, 3.8) is 0 Å². The molecule has 1 aromatic heterocycles. The highest BCUT2D eigenvalue weighted by Crippen LogP contribution is 2.16. The fraction of sp³-hybridized carbons (Fsp3) is 0.286. The van der Waals surface area contributed by atoms with E-state index < -0.39 is 4.92 Å². The Morgan fingerprint density at radius 1 is 1.67 bits per heavy atom. The first-order valence-corrected chi connectivity index (χ1v) is 4.23. The maximum Gasteiger partial charge on any atom is 0.364 e. The minimum atomic E-state index is -0.496. The van der Waals surface area contributed by atoms with Crippen LogP contribution in [0.1, 0.15) is 12.5 Å². The lowest BCUT2D eigenvalue weighted by atomic mass is 10.2. The average Bonchev–Trinajstić information content (AvgIpc) is 2.03. The van der Waals surface area contributed by atoms with Gasteiger partial charge in [-0.25, -0.2) is 0 Å². The van der Waals surface area contributed by atoms with Gasteiger partial charge >= 0.3 is 5.82 Å². The Labute approximate surface area is 77.9 Å². The zero-order valence-electron chi connectivity index (χ0n) is 6.45. The summed E-state index contributed by atoms with van der Waals surface area (Å²) in [6.07, 6.45) is 0.766. The Bertz CT molecular complexity index is 314. The molecule has 0 spiro atoms. The molecule has 0 atom stereocenters. The third-order valence-electron chi connectivity index (χ3n) is 1.44. The molecule has 1 rings (SSSR count). The molecule has 0 bridgehead atoms. The molecular weight excluding hydrogens is 224 g/mol. The molecule has 1 aromatic rings. The van der Waals surface area contributed by atoms with Gasteiger partial charge in [0.15, 0.2) is 0 Å². The number of halogens is 1. The summed E-state index contributed by atoms with van der Waals surface area (Å²) in [5.74, 6) is -0.110. The van der Waals surface area contributed by atoms with Crippen molar-refractivity contribution in [3.05, 3.63) is 32.4 Å². The van der Waals surface area contributed by atoms with Gasteiger partial charge < -0.3 is 10.1 Å². The fourth-order valence-electron chi connectivity index (χ4n) is 0.832. The summed E-state index contributed by atoms with van der Waals surface area (Å²) in [4.78, 5) is 13.5. The Balaban J connectivity index is 3.15. The van der Waals surface area contributed by atoms with Gasteiger partial charge in [-0.15, -0.1) is 0 Å². The minimum absolute atomic E-state index is 0.110. The molecule has 0 N–H and O–H groups in total. The SMILES string of the molecule is CCc1cc(Br)nc([N+](=O)[O-])c1. The molecule has 64 valence electrons. The number of hydrogen-bond donors (Lipinski definition) is 0. The van der Waals surface area contributed by atoms with E-state index in [0.717, 1.165) is 12.0 Å². The van der Waals surface area contributed by atoms with Crippen LogP contribution in [-0.2, 0) is 6.42 Å². The van der Waals surface area contributed by atoms with E-state index in [0.29, 0.717) is 4.60 Å². The number of nitro groups is 1. The highest BCUT2D eigenvalue weighted by atomic mass is 79.9. The molecular formula is C7H7BrN2O2. The monoisotopic (exact) mass is 230 g/mol. The van der Waals surface area contributed by atoms with Crippen molar-refractivity contribution in [1.29, 1.82) is 0 Å². The highest BCUT2D eigenvalue weighted by Gasteiger charge is 2.09. The molecule has 0 aliphatic rings. The first-order valence-electron chi connectivity index (χ1n) is 3.44. The summed E-state index contributed by atoms with van der Waals surface area (Å²) in [7, 11) is 0. The Hall–Kier alpha value is -0.970. The molecule has 5 heteroatoms. The summed E-state index contributed by atoms with van der Waals surface area (Å²) >= 11 is 3.11. The summed E-state index contributed by atoms with van der Waals surface area (Å²) < 4.78 is 0.508. The summed E-state index contributed by atoms with van der Waals surface area (Å²) in [5, 5.41) is 10.3. The number of nitrogens with zero attached hydrogens (tertiary/aromatic N) is 2. The Kier molecular flexibility index (Phi) is 2.75. The molecule has 0 aliphatic carbocycles. The largest absolute Gasteiger partial charge is 0.364 e. The predicted octanol–water partition coefficient (Wildman–Crippen LogP) is 2.31.